The maximum Gasteiger partial charge on any atom is 0.137 e. The Bertz CT molecular complexity index is 468. The normalized spacial score (nSPS) is 10.7. The van der Waals surface area contributed by atoms with E-state index >= 15 is 0 Å². The molecule has 0 fully saturated rings. The zero-order valence-corrected chi connectivity index (χ0v) is 9.35. The van der Waals surface area contributed by atoms with E-state index in [0.717, 1.165) is 15.2 Å². The van der Waals surface area contributed by atoms with Gasteiger partial charge in [0.15, 0.2) is 0 Å². The molecule has 0 atom stereocenters. The first-order valence-corrected chi connectivity index (χ1v) is 5.06. The average Bonchev–Trinajstić information content (AvgIpc) is 2.12. The average molecular weight is 257 g/mol. The van der Waals surface area contributed by atoms with Crippen LogP contribution in [0.3, 0.4) is 0 Å². The molecule has 3 heteroatoms. The maximum atomic E-state index is 5.99. The molecule has 0 radical (unpaired) electrons. The third kappa shape index (κ3) is 1.45. The topological polar surface area (TPSA) is 12.9 Å². The van der Waals surface area contributed by atoms with E-state index in [-0.39, 0.29) is 0 Å². The van der Waals surface area contributed by atoms with Gasteiger partial charge in [0.2, 0.25) is 0 Å². The van der Waals surface area contributed by atoms with Crippen LogP contribution in [-0.4, -0.2) is 4.98 Å². The van der Waals surface area contributed by atoms with Gasteiger partial charge in [-0.3, -0.25) is 0 Å². The van der Waals surface area contributed by atoms with Crippen LogP contribution in [0.25, 0.3) is 10.8 Å². The van der Waals surface area contributed by atoms with Gasteiger partial charge in [0.25, 0.3) is 0 Å². The predicted octanol–water partition coefficient (Wildman–Crippen LogP) is 3.96. The zero-order valence-electron chi connectivity index (χ0n) is 7.01. The largest absolute Gasteiger partial charge is 0.244 e. The van der Waals surface area contributed by atoms with Crippen molar-refractivity contribution in [3.8, 4) is 0 Å². The second-order valence-corrected chi connectivity index (χ2v) is 4.05. The molecule has 1 aromatic carbocycles. The van der Waals surface area contributed by atoms with Gasteiger partial charge in [0.1, 0.15) is 5.15 Å². The Kier molecular flexibility index (Phi) is 2.26. The van der Waals surface area contributed by atoms with E-state index < -0.39 is 0 Å². The summed E-state index contributed by atoms with van der Waals surface area (Å²) in [6.07, 6.45) is 1.71. The molecule has 13 heavy (non-hydrogen) atoms. The van der Waals surface area contributed by atoms with Gasteiger partial charge >= 0.3 is 0 Å². The smallest absolute Gasteiger partial charge is 0.137 e. The maximum absolute atomic E-state index is 5.99. The van der Waals surface area contributed by atoms with Crippen molar-refractivity contribution in [1.29, 1.82) is 0 Å². The first kappa shape index (κ1) is 8.97. The van der Waals surface area contributed by atoms with Gasteiger partial charge in [0, 0.05) is 16.1 Å². The molecule has 0 saturated carbocycles. The molecule has 1 heterocycles. The molecule has 0 N–H and O–H groups in total. The van der Waals surface area contributed by atoms with E-state index in [1.54, 1.807) is 6.20 Å². The van der Waals surface area contributed by atoms with E-state index in [0.29, 0.717) is 5.15 Å². The van der Waals surface area contributed by atoms with Gasteiger partial charge in [-0.2, -0.15) is 0 Å². The second-order valence-electron chi connectivity index (χ2n) is 2.90. The molecular weight excluding hydrogens is 249 g/mol. The number of nitrogens with zero attached hydrogens (tertiary/aromatic N) is 1. The Labute approximate surface area is 89.9 Å². The van der Waals surface area contributed by atoms with Crippen LogP contribution in [0.4, 0.5) is 0 Å². The van der Waals surface area contributed by atoms with Gasteiger partial charge in [-0.05, 0) is 39.9 Å². The Morgan fingerprint density at radius 2 is 2.08 bits per heavy atom. The van der Waals surface area contributed by atoms with Crippen LogP contribution in [0.2, 0.25) is 5.15 Å². The number of hydrogen-bond acceptors (Lipinski definition) is 1. The fourth-order valence-corrected chi connectivity index (χ4v) is 2.21. The lowest BCUT2D eigenvalue weighted by molar-refractivity contribution is 1.35. The number of benzene rings is 1. The fraction of sp³-hybridized carbons (Fsp3) is 0.100. The molecule has 0 aliphatic carbocycles. The summed E-state index contributed by atoms with van der Waals surface area (Å²) in [6, 6.07) is 6.05. The molecular formula is C10H7BrClN. The summed E-state index contributed by atoms with van der Waals surface area (Å²) in [6.45, 7) is 2.03. The van der Waals surface area contributed by atoms with Crippen molar-refractivity contribution in [3.05, 3.63) is 39.6 Å². The van der Waals surface area contributed by atoms with Gasteiger partial charge in [-0.25, -0.2) is 4.98 Å². The Morgan fingerprint density at radius 3 is 2.85 bits per heavy atom. The minimum atomic E-state index is 0.549. The molecule has 66 valence electrons. The summed E-state index contributed by atoms with van der Waals surface area (Å²) in [4.78, 5) is 4.04. The lowest BCUT2D eigenvalue weighted by Gasteiger charge is -2.04. The molecule has 0 bridgehead atoms. The molecule has 1 aromatic heterocycles. The minimum Gasteiger partial charge on any atom is -0.244 e. The Balaban J connectivity index is 2.97. The van der Waals surface area contributed by atoms with Gasteiger partial charge in [0.05, 0.1) is 0 Å². The number of rotatable bonds is 0. The number of aromatic nitrogens is 1. The minimum absolute atomic E-state index is 0.549. The van der Waals surface area contributed by atoms with Crippen LogP contribution in [0.1, 0.15) is 5.56 Å². The molecule has 0 amide bonds. The van der Waals surface area contributed by atoms with Crippen molar-refractivity contribution >= 4 is 38.3 Å². The molecule has 2 aromatic rings. The second kappa shape index (κ2) is 3.28. The van der Waals surface area contributed by atoms with Crippen molar-refractivity contribution in [2.45, 2.75) is 6.92 Å². The van der Waals surface area contributed by atoms with Gasteiger partial charge in [-0.15, -0.1) is 0 Å². The van der Waals surface area contributed by atoms with Crippen LogP contribution >= 0.6 is 27.5 Å². The number of hydrogen-bond donors (Lipinski definition) is 0. The first-order valence-electron chi connectivity index (χ1n) is 3.89. The highest BCUT2D eigenvalue weighted by molar-refractivity contribution is 9.10. The highest BCUT2D eigenvalue weighted by Crippen LogP contribution is 2.31. The van der Waals surface area contributed by atoms with Crippen molar-refractivity contribution < 1.29 is 0 Å². The van der Waals surface area contributed by atoms with Crippen LogP contribution in [-0.2, 0) is 0 Å². The fourth-order valence-electron chi connectivity index (χ4n) is 1.29. The summed E-state index contributed by atoms with van der Waals surface area (Å²) in [5, 5.41) is 2.65. The van der Waals surface area contributed by atoms with Crippen LogP contribution in [0, 0.1) is 6.92 Å². The predicted molar refractivity (Wildman–Crippen MR) is 59.2 cm³/mol. The van der Waals surface area contributed by atoms with Crippen molar-refractivity contribution in [2.24, 2.45) is 0 Å². The molecule has 0 unspecified atom stereocenters. The first-order chi connectivity index (χ1) is 6.20. The highest BCUT2D eigenvalue weighted by atomic mass is 79.9. The summed E-state index contributed by atoms with van der Waals surface area (Å²) in [5.41, 5.74) is 1.17. The van der Waals surface area contributed by atoms with Gasteiger partial charge < -0.3 is 0 Å². The number of pyridine rings is 1. The molecule has 0 saturated heterocycles. The van der Waals surface area contributed by atoms with Gasteiger partial charge in [-0.1, -0.05) is 23.7 Å². The molecule has 1 nitrogen and oxygen atoms in total. The third-order valence-corrected chi connectivity index (χ3v) is 3.32. The molecule has 2 rings (SSSR count). The summed E-state index contributed by atoms with van der Waals surface area (Å²) in [7, 11) is 0. The quantitative estimate of drug-likeness (QED) is 0.650. The highest BCUT2D eigenvalue weighted by Gasteiger charge is 2.05. The van der Waals surface area contributed by atoms with Crippen molar-refractivity contribution in [1.82, 2.24) is 4.98 Å². The van der Waals surface area contributed by atoms with Crippen LogP contribution in [0.5, 0.6) is 0 Å². The third-order valence-electron chi connectivity index (χ3n) is 2.02. The Hall–Kier alpha value is -0.600. The summed E-state index contributed by atoms with van der Waals surface area (Å²) in [5.74, 6) is 0. The van der Waals surface area contributed by atoms with Crippen molar-refractivity contribution in [3.63, 3.8) is 0 Å². The lowest BCUT2D eigenvalue weighted by atomic mass is 10.1. The molecule has 0 spiro atoms. The number of halogens is 2. The molecule has 0 aliphatic heterocycles. The Morgan fingerprint density at radius 1 is 1.31 bits per heavy atom. The van der Waals surface area contributed by atoms with E-state index in [9.17, 15) is 0 Å². The van der Waals surface area contributed by atoms with Crippen LogP contribution in [0.15, 0.2) is 28.9 Å². The number of aryl methyl sites for hydroxylation is 1. The van der Waals surface area contributed by atoms with Crippen LogP contribution < -0.4 is 0 Å². The van der Waals surface area contributed by atoms with E-state index in [4.69, 9.17) is 11.6 Å². The van der Waals surface area contributed by atoms with E-state index in [1.165, 1.54) is 5.56 Å². The lowest BCUT2D eigenvalue weighted by Crippen LogP contribution is -1.83. The van der Waals surface area contributed by atoms with E-state index in [1.807, 2.05) is 19.1 Å². The number of fused-ring (bicyclic) bond motifs is 1. The summed E-state index contributed by atoms with van der Waals surface area (Å²) < 4.78 is 1.03. The monoisotopic (exact) mass is 255 g/mol. The zero-order chi connectivity index (χ0) is 9.42. The van der Waals surface area contributed by atoms with Crippen molar-refractivity contribution in [2.75, 3.05) is 0 Å². The SMILES string of the molecule is Cc1ccc2ccnc(Cl)c2c1Br. The van der Waals surface area contributed by atoms with E-state index in [2.05, 4.69) is 27.0 Å². The summed E-state index contributed by atoms with van der Waals surface area (Å²) >= 11 is 9.50. The standard InChI is InChI=1S/C10H7BrClN/c1-6-2-3-7-4-5-13-10(12)8(7)9(6)11/h2-5H,1H3. The molecule has 0 aliphatic rings.